The van der Waals surface area contributed by atoms with Crippen molar-refractivity contribution in [2.75, 3.05) is 19.6 Å². The Morgan fingerprint density at radius 1 is 1.35 bits per heavy atom. The number of rotatable bonds is 3. The second-order valence-electron chi connectivity index (χ2n) is 5.61. The number of nitrogens with zero attached hydrogens (tertiary/aromatic N) is 1. The Kier molecular flexibility index (Phi) is 6.89. The summed E-state index contributed by atoms with van der Waals surface area (Å²) in [5, 5.41) is 3.15. The zero-order valence-corrected chi connectivity index (χ0v) is 14.0. The molecule has 0 aliphatic carbocycles. The normalized spacial score (nSPS) is 19.9. The monoisotopic (exact) mass is 350 g/mol. The molecule has 2 atom stereocenters. The van der Waals surface area contributed by atoms with Crippen LogP contribution in [0.5, 0.6) is 0 Å². The van der Waals surface area contributed by atoms with E-state index in [0.29, 0.717) is 19.6 Å². The van der Waals surface area contributed by atoms with Crippen molar-refractivity contribution < 1.29 is 18.0 Å². The number of piperazine rings is 1. The second kappa shape index (κ2) is 8.02. The molecule has 0 spiro atoms. The predicted molar refractivity (Wildman–Crippen MR) is 85.6 cm³/mol. The van der Waals surface area contributed by atoms with Crippen LogP contribution in [-0.4, -0.2) is 36.6 Å². The molecule has 23 heavy (non-hydrogen) atoms. The number of carbonyl (C=O) groups is 1. The van der Waals surface area contributed by atoms with E-state index in [9.17, 15) is 18.0 Å². The van der Waals surface area contributed by atoms with Gasteiger partial charge in [0.1, 0.15) is 5.92 Å². The van der Waals surface area contributed by atoms with E-state index in [2.05, 4.69) is 5.32 Å². The highest BCUT2D eigenvalue weighted by Crippen LogP contribution is 2.31. The van der Waals surface area contributed by atoms with Crippen molar-refractivity contribution in [3.63, 3.8) is 0 Å². The third-order valence-electron chi connectivity index (χ3n) is 4.16. The molecule has 0 saturated carbocycles. The molecule has 1 aliphatic rings. The van der Waals surface area contributed by atoms with Crippen molar-refractivity contribution in [2.45, 2.75) is 32.5 Å². The van der Waals surface area contributed by atoms with Crippen molar-refractivity contribution >= 4 is 18.3 Å². The van der Waals surface area contributed by atoms with Crippen LogP contribution in [0.4, 0.5) is 13.2 Å². The molecule has 1 aromatic rings. The molecule has 1 N–H and O–H groups in total. The van der Waals surface area contributed by atoms with Gasteiger partial charge in [-0.1, -0.05) is 31.2 Å². The Morgan fingerprint density at radius 3 is 2.48 bits per heavy atom. The summed E-state index contributed by atoms with van der Waals surface area (Å²) in [4.78, 5) is 13.6. The third-order valence-corrected chi connectivity index (χ3v) is 4.16. The van der Waals surface area contributed by atoms with Gasteiger partial charge in [0.2, 0.25) is 5.91 Å². The van der Waals surface area contributed by atoms with E-state index in [1.54, 1.807) is 0 Å². The highest BCUT2D eigenvalue weighted by atomic mass is 35.5. The molecular weight excluding hydrogens is 329 g/mol. The zero-order valence-electron chi connectivity index (χ0n) is 13.2. The van der Waals surface area contributed by atoms with Crippen molar-refractivity contribution in [2.24, 2.45) is 5.92 Å². The fourth-order valence-corrected chi connectivity index (χ4v) is 2.63. The maximum atomic E-state index is 12.8. The molecule has 3 nitrogen and oxygen atoms in total. The van der Waals surface area contributed by atoms with Crippen LogP contribution < -0.4 is 5.32 Å². The summed E-state index contributed by atoms with van der Waals surface area (Å²) in [7, 11) is 0. The summed E-state index contributed by atoms with van der Waals surface area (Å²) in [5.41, 5.74) is 2.03. The summed E-state index contributed by atoms with van der Waals surface area (Å²) in [5.74, 6) is -2.82. The van der Waals surface area contributed by atoms with E-state index in [4.69, 9.17) is 0 Å². The number of nitrogens with one attached hydrogen (secondary N) is 1. The van der Waals surface area contributed by atoms with Crippen LogP contribution in [0.3, 0.4) is 0 Å². The number of hydrogen-bond acceptors (Lipinski definition) is 2. The SMILES string of the molecule is CCc1ccc(C2CNCCN2C(=O)C(C)C(F)(F)F)cc1.Cl. The van der Waals surface area contributed by atoms with Crippen molar-refractivity contribution in [1.82, 2.24) is 10.2 Å². The summed E-state index contributed by atoms with van der Waals surface area (Å²) >= 11 is 0. The highest BCUT2D eigenvalue weighted by molar-refractivity contribution is 5.85. The Morgan fingerprint density at radius 2 is 1.96 bits per heavy atom. The lowest BCUT2D eigenvalue weighted by Crippen LogP contribution is -2.52. The standard InChI is InChI=1S/C16H21F3N2O.ClH/c1-3-12-4-6-13(7-5-12)14-10-20-8-9-21(14)15(22)11(2)16(17,18)19;/h4-7,11,14,20H,3,8-10H2,1-2H3;1H. The number of aryl methyl sites for hydroxylation is 1. The summed E-state index contributed by atoms with van der Waals surface area (Å²) in [6.07, 6.45) is -3.60. The molecule has 130 valence electrons. The van der Waals surface area contributed by atoms with E-state index >= 15 is 0 Å². The van der Waals surface area contributed by atoms with E-state index in [1.165, 1.54) is 4.90 Å². The van der Waals surface area contributed by atoms with Gasteiger partial charge in [0, 0.05) is 19.6 Å². The van der Waals surface area contributed by atoms with Gasteiger partial charge >= 0.3 is 6.18 Å². The fourth-order valence-electron chi connectivity index (χ4n) is 2.63. The van der Waals surface area contributed by atoms with Crippen molar-refractivity contribution in [1.29, 1.82) is 0 Å². The first-order valence-electron chi connectivity index (χ1n) is 7.51. The number of amides is 1. The molecule has 1 amide bonds. The lowest BCUT2D eigenvalue weighted by atomic mass is 9.99. The Labute approximate surface area is 140 Å². The quantitative estimate of drug-likeness (QED) is 0.906. The number of benzene rings is 1. The summed E-state index contributed by atoms with van der Waals surface area (Å²) < 4.78 is 38.5. The summed E-state index contributed by atoms with van der Waals surface area (Å²) in [6, 6.07) is 7.36. The predicted octanol–water partition coefficient (Wildman–Crippen LogP) is 3.34. The van der Waals surface area contributed by atoms with Gasteiger partial charge in [-0.3, -0.25) is 4.79 Å². The third kappa shape index (κ3) is 4.61. The van der Waals surface area contributed by atoms with Crippen LogP contribution in [-0.2, 0) is 11.2 Å². The minimum Gasteiger partial charge on any atom is -0.333 e. The molecule has 2 rings (SSSR count). The van der Waals surface area contributed by atoms with Crippen LogP contribution in [0.25, 0.3) is 0 Å². The lowest BCUT2D eigenvalue weighted by Gasteiger charge is -2.38. The van der Waals surface area contributed by atoms with E-state index in [-0.39, 0.29) is 18.4 Å². The van der Waals surface area contributed by atoms with Crippen LogP contribution in [0.1, 0.15) is 31.0 Å². The van der Waals surface area contributed by atoms with Gasteiger partial charge in [-0.05, 0) is 24.5 Å². The van der Waals surface area contributed by atoms with Gasteiger partial charge in [0.25, 0.3) is 0 Å². The maximum Gasteiger partial charge on any atom is 0.400 e. The minimum atomic E-state index is -4.50. The Hall–Kier alpha value is -1.27. The van der Waals surface area contributed by atoms with E-state index < -0.39 is 18.0 Å². The first-order valence-corrected chi connectivity index (χ1v) is 7.51. The molecule has 0 bridgehead atoms. The number of halogens is 4. The molecule has 0 radical (unpaired) electrons. The molecule has 1 aromatic carbocycles. The highest BCUT2D eigenvalue weighted by Gasteiger charge is 2.44. The Balaban J connectivity index is 0.00000264. The molecule has 1 heterocycles. The van der Waals surface area contributed by atoms with Crippen LogP contribution in [0.15, 0.2) is 24.3 Å². The average molecular weight is 351 g/mol. The molecule has 0 aromatic heterocycles. The topological polar surface area (TPSA) is 32.3 Å². The molecule has 1 aliphatic heterocycles. The maximum absolute atomic E-state index is 12.8. The Bertz CT molecular complexity index is 519. The van der Waals surface area contributed by atoms with Gasteiger partial charge < -0.3 is 10.2 Å². The van der Waals surface area contributed by atoms with Gasteiger partial charge in [0.15, 0.2) is 0 Å². The largest absolute Gasteiger partial charge is 0.400 e. The summed E-state index contributed by atoms with van der Waals surface area (Å²) in [6.45, 7) is 4.25. The number of alkyl halides is 3. The van der Waals surface area contributed by atoms with Gasteiger partial charge in [-0.15, -0.1) is 12.4 Å². The van der Waals surface area contributed by atoms with Crippen LogP contribution in [0.2, 0.25) is 0 Å². The van der Waals surface area contributed by atoms with Crippen molar-refractivity contribution in [3.8, 4) is 0 Å². The fraction of sp³-hybridized carbons (Fsp3) is 0.562. The van der Waals surface area contributed by atoms with Gasteiger partial charge in [-0.2, -0.15) is 13.2 Å². The molecule has 7 heteroatoms. The van der Waals surface area contributed by atoms with Gasteiger partial charge in [-0.25, -0.2) is 0 Å². The smallest absolute Gasteiger partial charge is 0.333 e. The first-order chi connectivity index (χ1) is 10.3. The molecule has 2 unspecified atom stereocenters. The van der Waals surface area contributed by atoms with Crippen LogP contribution in [0, 0.1) is 5.92 Å². The molecular formula is C16H22ClF3N2O. The number of carbonyl (C=O) groups excluding carboxylic acids is 1. The van der Waals surface area contributed by atoms with E-state index in [0.717, 1.165) is 24.5 Å². The number of hydrogen-bond donors (Lipinski definition) is 1. The van der Waals surface area contributed by atoms with Crippen LogP contribution >= 0.6 is 12.4 Å². The second-order valence-corrected chi connectivity index (χ2v) is 5.61. The molecule has 1 fully saturated rings. The molecule has 1 saturated heterocycles. The van der Waals surface area contributed by atoms with Crippen molar-refractivity contribution in [3.05, 3.63) is 35.4 Å². The van der Waals surface area contributed by atoms with E-state index in [1.807, 2.05) is 31.2 Å². The average Bonchev–Trinajstić information content (AvgIpc) is 2.52. The van der Waals surface area contributed by atoms with Gasteiger partial charge in [0.05, 0.1) is 6.04 Å². The minimum absolute atomic E-state index is 0. The lowest BCUT2D eigenvalue weighted by molar-refractivity contribution is -0.187. The zero-order chi connectivity index (χ0) is 16.3. The first kappa shape index (κ1) is 19.8.